The molecule has 0 N–H and O–H groups in total. The molecule has 0 saturated heterocycles. The van der Waals surface area contributed by atoms with Crippen LogP contribution in [0, 0.1) is 0 Å². The van der Waals surface area contributed by atoms with E-state index in [1.807, 2.05) is 36.4 Å². The highest BCUT2D eigenvalue weighted by molar-refractivity contribution is 5.36. The van der Waals surface area contributed by atoms with E-state index in [0.717, 1.165) is 24.3 Å². The third-order valence-corrected chi connectivity index (χ3v) is 4.07. The molecule has 0 aromatic heterocycles. The molecule has 0 aliphatic carbocycles. The van der Waals surface area contributed by atoms with Gasteiger partial charge in [0, 0.05) is 12.8 Å². The third kappa shape index (κ3) is 2.61. The molecule has 4 rings (SSSR count). The standard InChI is InChI=1S/C18H18O3/c1-3-7-17-13(5-1)9-15(11-19-17)21-16-10-14-6-2-4-8-18(14)20-12-16/h1-8,15-16H,9-12H2. The second-order valence-corrected chi connectivity index (χ2v) is 5.63. The zero-order chi connectivity index (χ0) is 14.1. The van der Waals surface area contributed by atoms with Crippen LogP contribution in [0.1, 0.15) is 11.1 Å². The topological polar surface area (TPSA) is 27.7 Å². The minimum Gasteiger partial charge on any atom is -0.491 e. The lowest BCUT2D eigenvalue weighted by Gasteiger charge is -2.31. The smallest absolute Gasteiger partial charge is 0.122 e. The van der Waals surface area contributed by atoms with Gasteiger partial charge in [0.25, 0.3) is 0 Å². The fraction of sp³-hybridized carbons (Fsp3) is 0.333. The van der Waals surface area contributed by atoms with Crippen molar-refractivity contribution in [1.82, 2.24) is 0 Å². The molecule has 108 valence electrons. The summed E-state index contributed by atoms with van der Waals surface area (Å²) in [5.74, 6) is 1.98. The van der Waals surface area contributed by atoms with E-state index in [1.54, 1.807) is 0 Å². The van der Waals surface area contributed by atoms with Crippen molar-refractivity contribution in [2.75, 3.05) is 13.2 Å². The van der Waals surface area contributed by atoms with Gasteiger partial charge in [0.05, 0.1) is 12.2 Å². The Hall–Kier alpha value is -2.00. The molecule has 0 bridgehead atoms. The molecule has 2 unspecified atom stereocenters. The highest BCUT2D eigenvalue weighted by atomic mass is 16.6. The van der Waals surface area contributed by atoms with E-state index in [-0.39, 0.29) is 12.2 Å². The second kappa shape index (κ2) is 5.41. The first kappa shape index (κ1) is 12.7. The fourth-order valence-corrected chi connectivity index (χ4v) is 3.05. The molecule has 0 fully saturated rings. The van der Waals surface area contributed by atoms with Crippen LogP contribution in [0.3, 0.4) is 0 Å². The molecule has 0 radical (unpaired) electrons. The Morgan fingerprint density at radius 3 is 1.71 bits per heavy atom. The molecule has 2 heterocycles. The van der Waals surface area contributed by atoms with Gasteiger partial charge in [0.15, 0.2) is 0 Å². The SMILES string of the molecule is c1ccc2c(c1)CC(OC1COc3ccccc3C1)CO2. The molecule has 21 heavy (non-hydrogen) atoms. The fourth-order valence-electron chi connectivity index (χ4n) is 3.05. The Bertz CT molecular complexity index is 582. The molecule has 3 nitrogen and oxygen atoms in total. The number of hydrogen-bond donors (Lipinski definition) is 0. The van der Waals surface area contributed by atoms with Crippen molar-refractivity contribution >= 4 is 0 Å². The lowest BCUT2D eigenvalue weighted by molar-refractivity contribution is -0.0614. The Morgan fingerprint density at radius 1 is 0.714 bits per heavy atom. The molecular weight excluding hydrogens is 264 g/mol. The third-order valence-electron chi connectivity index (χ3n) is 4.07. The highest BCUT2D eigenvalue weighted by Gasteiger charge is 2.26. The van der Waals surface area contributed by atoms with Crippen LogP contribution in [0.2, 0.25) is 0 Å². The molecule has 2 aliphatic heterocycles. The number of fused-ring (bicyclic) bond motifs is 2. The van der Waals surface area contributed by atoms with Crippen molar-refractivity contribution in [3.8, 4) is 11.5 Å². The van der Waals surface area contributed by atoms with Crippen LogP contribution in [0.25, 0.3) is 0 Å². The van der Waals surface area contributed by atoms with Gasteiger partial charge in [-0.2, -0.15) is 0 Å². The summed E-state index contributed by atoms with van der Waals surface area (Å²) < 4.78 is 17.8. The van der Waals surface area contributed by atoms with E-state index in [2.05, 4.69) is 12.1 Å². The van der Waals surface area contributed by atoms with Gasteiger partial charge in [-0.15, -0.1) is 0 Å². The minimum atomic E-state index is 0.110. The van der Waals surface area contributed by atoms with Crippen LogP contribution >= 0.6 is 0 Å². The van der Waals surface area contributed by atoms with Crippen LogP contribution in [-0.2, 0) is 17.6 Å². The largest absolute Gasteiger partial charge is 0.491 e. The van der Waals surface area contributed by atoms with E-state index in [4.69, 9.17) is 14.2 Å². The maximum absolute atomic E-state index is 6.20. The Morgan fingerprint density at radius 2 is 1.19 bits per heavy atom. The molecular formula is C18H18O3. The van der Waals surface area contributed by atoms with Gasteiger partial charge in [-0.25, -0.2) is 0 Å². The highest BCUT2D eigenvalue weighted by Crippen LogP contribution is 2.29. The molecule has 0 amide bonds. The first-order chi connectivity index (χ1) is 10.4. The maximum atomic E-state index is 6.20. The average molecular weight is 282 g/mol. The van der Waals surface area contributed by atoms with Gasteiger partial charge in [0.2, 0.25) is 0 Å². The van der Waals surface area contributed by atoms with E-state index in [0.29, 0.717) is 13.2 Å². The average Bonchev–Trinajstić information content (AvgIpc) is 2.55. The van der Waals surface area contributed by atoms with Gasteiger partial charge in [-0.05, 0) is 23.3 Å². The van der Waals surface area contributed by atoms with E-state index >= 15 is 0 Å². The van der Waals surface area contributed by atoms with E-state index < -0.39 is 0 Å². The lowest BCUT2D eigenvalue weighted by Crippen LogP contribution is -2.37. The number of para-hydroxylation sites is 2. The number of hydrogen-bond acceptors (Lipinski definition) is 3. The van der Waals surface area contributed by atoms with Crippen molar-refractivity contribution < 1.29 is 14.2 Å². The maximum Gasteiger partial charge on any atom is 0.122 e. The zero-order valence-electron chi connectivity index (χ0n) is 11.8. The van der Waals surface area contributed by atoms with Gasteiger partial charge in [-0.1, -0.05) is 36.4 Å². The molecule has 2 aliphatic rings. The van der Waals surface area contributed by atoms with Crippen LogP contribution in [0.4, 0.5) is 0 Å². The first-order valence-electron chi connectivity index (χ1n) is 7.45. The summed E-state index contributed by atoms with van der Waals surface area (Å²) >= 11 is 0. The Kier molecular flexibility index (Phi) is 3.28. The second-order valence-electron chi connectivity index (χ2n) is 5.63. The summed E-state index contributed by atoms with van der Waals surface area (Å²) in [7, 11) is 0. The molecule has 2 aromatic rings. The van der Waals surface area contributed by atoms with Gasteiger partial charge in [-0.3, -0.25) is 0 Å². The monoisotopic (exact) mass is 282 g/mol. The number of ether oxygens (including phenoxy) is 3. The quantitative estimate of drug-likeness (QED) is 0.847. The Labute approximate surface area is 124 Å². The van der Waals surface area contributed by atoms with Gasteiger partial charge in [0.1, 0.15) is 24.7 Å². The van der Waals surface area contributed by atoms with Crippen molar-refractivity contribution in [3.05, 3.63) is 59.7 Å². The normalized spacial score (nSPS) is 23.4. The van der Waals surface area contributed by atoms with E-state index in [9.17, 15) is 0 Å². The number of benzene rings is 2. The lowest BCUT2D eigenvalue weighted by atomic mass is 10.0. The van der Waals surface area contributed by atoms with Crippen LogP contribution in [0.5, 0.6) is 11.5 Å². The summed E-state index contributed by atoms with van der Waals surface area (Å²) in [5.41, 5.74) is 2.46. The van der Waals surface area contributed by atoms with Crippen molar-refractivity contribution in [2.45, 2.75) is 25.0 Å². The van der Waals surface area contributed by atoms with Crippen LogP contribution < -0.4 is 9.47 Å². The molecule has 0 spiro atoms. The first-order valence-corrected chi connectivity index (χ1v) is 7.45. The number of rotatable bonds is 2. The summed E-state index contributed by atoms with van der Waals surface area (Å²) in [5, 5.41) is 0. The van der Waals surface area contributed by atoms with Crippen molar-refractivity contribution in [3.63, 3.8) is 0 Å². The summed E-state index contributed by atoms with van der Waals surface area (Å²) in [6.45, 7) is 1.24. The summed E-state index contributed by atoms with van der Waals surface area (Å²) in [6.07, 6.45) is 2.04. The molecule has 2 aromatic carbocycles. The Balaban J connectivity index is 1.42. The minimum absolute atomic E-state index is 0.110. The molecule has 2 atom stereocenters. The van der Waals surface area contributed by atoms with Crippen molar-refractivity contribution in [1.29, 1.82) is 0 Å². The zero-order valence-corrected chi connectivity index (χ0v) is 11.8. The molecule has 0 saturated carbocycles. The predicted molar refractivity (Wildman–Crippen MR) is 79.9 cm³/mol. The van der Waals surface area contributed by atoms with Gasteiger partial charge < -0.3 is 14.2 Å². The van der Waals surface area contributed by atoms with Crippen molar-refractivity contribution in [2.24, 2.45) is 0 Å². The van der Waals surface area contributed by atoms with Crippen LogP contribution in [-0.4, -0.2) is 25.4 Å². The molecule has 3 heteroatoms. The summed E-state index contributed by atoms with van der Waals surface area (Å²) in [4.78, 5) is 0. The van der Waals surface area contributed by atoms with E-state index in [1.165, 1.54) is 11.1 Å². The van der Waals surface area contributed by atoms with Gasteiger partial charge >= 0.3 is 0 Å². The predicted octanol–water partition coefficient (Wildman–Crippen LogP) is 3.01. The van der Waals surface area contributed by atoms with Crippen LogP contribution in [0.15, 0.2) is 48.5 Å². The summed E-state index contributed by atoms with van der Waals surface area (Å²) in [6, 6.07) is 16.4.